The zero-order valence-electron chi connectivity index (χ0n) is 13.0. The van der Waals surface area contributed by atoms with Crippen LogP contribution in [-0.2, 0) is 19.6 Å². The summed E-state index contributed by atoms with van der Waals surface area (Å²) in [7, 11) is -4.44. The lowest BCUT2D eigenvalue weighted by molar-refractivity contribution is -0.133. The van der Waals surface area contributed by atoms with E-state index in [0.29, 0.717) is 23.3 Å². The summed E-state index contributed by atoms with van der Waals surface area (Å²) < 4.78 is 56.0. The molecule has 9 heteroatoms. The molecule has 0 bridgehead atoms. The molecule has 0 aromatic heterocycles. The van der Waals surface area contributed by atoms with Crippen molar-refractivity contribution in [3.63, 3.8) is 0 Å². The van der Waals surface area contributed by atoms with Crippen molar-refractivity contribution in [2.24, 2.45) is 5.14 Å². The molecule has 132 valence electrons. The average molecular weight is 376 g/mol. The minimum absolute atomic E-state index is 0.0103. The van der Waals surface area contributed by atoms with Crippen LogP contribution in [0.3, 0.4) is 0 Å². The second-order valence-corrected chi connectivity index (χ2v) is 6.96. The van der Waals surface area contributed by atoms with Gasteiger partial charge in [-0.15, -0.1) is 0 Å². The molecule has 2 N–H and O–H groups in total. The number of carbonyl (C=O) groups is 1. The van der Waals surface area contributed by atoms with Crippen molar-refractivity contribution in [1.82, 2.24) is 0 Å². The van der Waals surface area contributed by atoms with Crippen molar-refractivity contribution in [2.45, 2.75) is 4.90 Å². The van der Waals surface area contributed by atoms with E-state index in [1.807, 2.05) is 6.07 Å². The SMILES string of the molecule is N#Cc1ccc(C2=C(c3cc(F)c(S(N)(=O)=O)cc3F)COC2=O)cc1. The van der Waals surface area contributed by atoms with Gasteiger partial charge in [-0.2, -0.15) is 5.26 Å². The summed E-state index contributed by atoms with van der Waals surface area (Å²) in [5, 5.41) is 13.7. The van der Waals surface area contributed by atoms with Crippen LogP contribution in [0.2, 0.25) is 0 Å². The smallest absolute Gasteiger partial charge is 0.339 e. The number of sulfonamides is 1. The number of benzene rings is 2. The summed E-state index contributed by atoms with van der Waals surface area (Å²) in [6, 6.07) is 8.94. The zero-order valence-corrected chi connectivity index (χ0v) is 13.8. The quantitative estimate of drug-likeness (QED) is 0.824. The molecule has 26 heavy (non-hydrogen) atoms. The second-order valence-electron chi connectivity index (χ2n) is 5.43. The maximum atomic E-state index is 14.4. The van der Waals surface area contributed by atoms with E-state index in [1.54, 1.807) is 0 Å². The number of halogens is 2. The highest BCUT2D eigenvalue weighted by Gasteiger charge is 2.30. The van der Waals surface area contributed by atoms with Gasteiger partial charge in [-0.05, 0) is 29.8 Å². The third kappa shape index (κ3) is 3.08. The van der Waals surface area contributed by atoms with Gasteiger partial charge in [0.2, 0.25) is 10.0 Å². The summed E-state index contributed by atoms with van der Waals surface area (Å²) >= 11 is 0. The van der Waals surface area contributed by atoms with Crippen LogP contribution in [-0.4, -0.2) is 21.0 Å². The molecular formula is C17H10F2N2O4S. The van der Waals surface area contributed by atoms with E-state index in [2.05, 4.69) is 0 Å². The highest BCUT2D eigenvalue weighted by atomic mass is 32.2. The van der Waals surface area contributed by atoms with E-state index >= 15 is 0 Å². The summed E-state index contributed by atoms with van der Waals surface area (Å²) in [6.07, 6.45) is 0. The van der Waals surface area contributed by atoms with Crippen LogP contribution in [0.4, 0.5) is 8.78 Å². The molecule has 6 nitrogen and oxygen atoms in total. The largest absolute Gasteiger partial charge is 0.457 e. The highest BCUT2D eigenvalue weighted by molar-refractivity contribution is 7.89. The fraction of sp³-hybridized carbons (Fsp3) is 0.0588. The third-order valence-electron chi connectivity index (χ3n) is 3.81. The Kier molecular flexibility index (Phi) is 4.31. The standard InChI is InChI=1S/C17H10F2N2O4S/c18-13-6-15(26(21,23)24)14(19)5-11(13)12-8-25-17(22)16(12)10-3-1-9(7-20)2-4-10/h1-6H,8H2,(H2,21,23,24). The number of esters is 1. The lowest BCUT2D eigenvalue weighted by Crippen LogP contribution is -2.15. The number of hydrogen-bond acceptors (Lipinski definition) is 5. The van der Waals surface area contributed by atoms with Gasteiger partial charge in [0.1, 0.15) is 23.1 Å². The number of cyclic esters (lactones) is 1. The Hall–Kier alpha value is -3.09. The summed E-state index contributed by atoms with van der Waals surface area (Å²) in [5.41, 5.74) is 0.488. The van der Waals surface area contributed by atoms with Gasteiger partial charge >= 0.3 is 5.97 Å². The number of nitrogens with two attached hydrogens (primary N) is 1. The molecule has 0 saturated carbocycles. The van der Waals surface area contributed by atoms with Crippen molar-refractivity contribution in [2.75, 3.05) is 6.61 Å². The van der Waals surface area contributed by atoms with E-state index in [9.17, 15) is 22.0 Å². The fourth-order valence-electron chi connectivity index (χ4n) is 2.60. The summed E-state index contributed by atoms with van der Waals surface area (Å²) in [4.78, 5) is 11.1. The number of ether oxygens (including phenoxy) is 1. The molecule has 0 unspecified atom stereocenters. The Labute approximate surface area is 147 Å². The van der Waals surface area contributed by atoms with Gasteiger partial charge < -0.3 is 4.74 Å². The molecule has 1 heterocycles. The van der Waals surface area contributed by atoms with Crippen molar-refractivity contribution in [3.05, 3.63) is 64.7 Å². The molecule has 2 aromatic rings. The Morgan fingerprint density at radius 1 is 1.12 bits per heavy atom. The van der Waals surface area contributed by atoms with E-state index in [0.717, 1.165) is 0 Å². The number of nitrogens with zero attached hydrogens (tertiary/aromatic N) is 1. The molecule has 0 spiro atoms. The lowest BCUT2D eigenvalue weighted by Gasteiger charge is -2.09. The van der Waals surface area contributed by atoms with Crippen molar-refractivity contribution < 1.29 is 26.7 Å². The normalized spacial score (nSPS) is 14.3. The summed E-state index contributed by atoms with van der Waals surface area (Å²) in [5.74, 6) is -3.04. The number of primary sulfonamides is 1. The Morgan fingerprint density at radius 3 is 2.35 bits per heavy atom. The van der Waals surface area contributed by atoms with Crippen molar-refractivity contribution in [3.8, 4) is 6.07 Å². The van der Waals surface area contributed by atoms with Crippen LogP contribution in [0.15, 0.2) is 41.3 Å². The van der Waals surface area contributed by atoms with Gasteiger partial charge in [0.15, 0.2) is 0 Å². The van der Waals surface area contributed by atoms with Gasteiger partial charge in [0.25, 0.3) is 0 Å². The number of rotatable bonds is 3. The van der Waals surface area contributed by atoms with Crippen LogP contribution in [0.5, 0.6) is 0 Å². The first-order valence-electron chi connectivity index (χ1n) is 7.15. The van der Waals surface area contributed by atoms with E-state index in [-0.39, 0.29) is 23.3 Å². The molecule has 0 fully saturated rings. The predicted molar refractivity (Wildman–Crippen MR) is 86.7 cm³/mol. The fourth-order valence-corrected chi connectivity index (χ4v) is 3.20. The average Bonchev–Trinajstić information content (AvgIpc) is 2.97. The summed E-state index contributed by atoms with van der Waals surface area (Å²) in [6.45, 7) is -0.306. The van der Waals surface area contributed by atoms with Crippen LogP contribution in [0.1, 0.15) is 16.7 Å². The monoisotopic (exact) mass is 376 g/mol. The van der Waals surface area contributed by atoms with Gasteiger partial charge in [0, 0.05) is 11.1 Å². The molecule has 0 amide bonds. The Bertz CT molecular complexity index is 1100. The first-order valence-corrected chi connectivity index (χ1v) is 8.70. The van der Waals surface area contributed by atoms with Gasteiger partial charge in [0.05, 0.1) is 17.2 Å². The van der Waals surface area contributed by atoms with Crippen molar-refractivity contribution >= 4 is 27.1 Å². The number of carbonyl (C=O) groups excluding carboxylic acids is 1. The number of hydrogen-bond donors (Lipinski definition) is 1. The van der Waals surface area contributed by atoms with Crippen molar-refractivity contribution in [1.29, 1.82) is 5.26 Å². The lowest BCUT2D eigenvalue weighted by atomic mass is 9.95. The van der Waals surface area contributed by atoms with Crippen LogP contribution in [0.25, 0.3) is 11.1 Å². The maximum Gasteiger partial charge on any atom is 0.339 e. The zero-order chi connectivity index (χ0) is 19.1. The molecule has 0 aliphatic carbocycles. The molecule has 3 rings (SSSR count). The van der Waals surface area contributed by atoms with Gasteiger partial charge in [-0.1, -0.05) is 12.1 Å². The van der Waals surface area contributed by atoms with Crippen LogP contribution in [0, 0.1) is 23.0 Å². The van der Waals surface area contributed by atoms with E-state index in [4.69, 9.17) is 15.1 Å². The van der Waals surface area contributed by atoms with E-state index < -0.39 is 32.5 Å². The molecular weight excluding hydrogens is 366 g/mol. The molecule has 1 aliphatic heterocycles. The molecule has 0 saturated heterocycles. The minimum atomic E-state index is -4.44. The topological polar surface area (TPSA) is 110 Å². The number of nitriles is 1. The second kappa shape index (κ2) is 6.33. The van der Waals surface area contributed by atoms with Gasteiger partial charge in [-0.25, -0.2) is 27.1 Å². The first kappa shape index (κ1) is 17.7. The molecule has 1 aliphatic rings. The van der Waals surface area contributed by atoms with Crippen LogP contribution >= 0.6 is 0 Å². The predicted octanol–water partition coefficient (Wildman–Crippen LogP) is 1.95. The highest BCUT2D eigenvalue weighted by Crippen LogP contribution is 2.35. The molecule has 0 atom stereocenters. The van der Waals surface area contributed by atoms with Gasteiger partial charge in [-0.3, -0.25) is 0 Å². The Balaban J connectivity index is 2.20. The molecule has 2 aromatic carbocycles. The van der Waals surface area contributed by atoms with Crippen LogP contribution < -0.4 is 5.14 Å². The first-order chi connectivity index (χ1) is 12.2. The molecule has 0 radical (unpaired) electrons. The third-order valence-corrected chi connectivity index (χ3v) is 4.74. The Morgan fingerprint density at radius 2 is 1.77 bits per heavy atom. The van der Waals surface area contributed by atoms with E-state index in [1.165, 1.54) is 24.3 Å². The maximum absolute atomic E-state index is 14.4. The minimum Gasteiger partial charge on any atom is -0.457 e.